The van der Waals surface area contributed by atoms with Crippen LogP contribution in [0.3, 0.4) is 0 Å². The molecule has 0 aliphatic rings. The van der Waals surface area contributed by atoms with E-state index in [1.807, 2.05) is 16.8 Å². The van der Waals surface area contributed by atoms with Crippen molar-refractivity contribution in [2.24, 2.45) is 0 Å². The summed E-state index contributed by atoms with van der Waals surface area (Å²) in [5.41, 5.74) is 1.16. The van der Waals surface area contributed by atoms with Gasteiger partial charge in [0, 0.05) is 6.54 Å². The van der Waals surface area contributed by atoms with Gasteiger partial charge in [0.2, 0.25) is 5.91 Å². The lowest BCUT2D eigenvalue weighted by Gasteiger charge is -1.98. The molecule has 0 aromatic carbocycles. The van der Waals surface area contributed by atoms with Gasteiger partial charge in [-0.1, -0.05) is 15.9 Å². The summed E-state index contributed by atoms with van der Waals surface area (Å²) in [5, 5.41) is 7.15. The standard InChI is InChI=1S/C7H8BrNOS/c8-3-7(10)9-4-6-1-2-11-5-6/h1-2,5H,3-4H2,(H,9,10). The Hall–Kier alpha value is -0.350. The van der Waals surface area contributed by atoms with E-state index in [0.29, 0.717) is 11.9 Å². The average Bonchev–Trinajstić information content (AvgIpc) is 2.52. The van der Waals surface area contributed by atoms with Crippen molar-refractivity contribution in [1.82, 2.24) is 5.32 Å². The summed E-state index contributed by atoms with van der Waals surface area (Å²) in [6.45, 7) is 0.633. The molecule has 0 saturated carbocycles. The third-order valence-electron chi connectivity index (χ3n) is 1.19. The van der Waals surface area contributed by atoms with Crippen molar-refractivity contribution < 1.29 is 4.79 Å². The van der Waals surface area contributed by atoms with Gasteiger partial charge in [-0.25, -0.2) is 0 Å². The summed E-state index contributed by atoms with van der Waals surface area (Å²) in [5.74, 6) is 0.0243. The SMILES string of the molecule is O=C(CBr)NCc1ccsc1. The van der Waals surface area contributed by atoms with Crippen LogP contribution in [0, 0.1) is 0 Å². The summed E-state index contributed by atoms with van der Waals surface area (Å²) in [4.78, 5) is 10.8. The van der Waals surface area contributed by atoms with Crippen molar-refractivity contribution in [2.75, 3.05) is 5.33 Å². The van der Waals surface area contributed by atoms with Gasteiger partial charge in [-0.05, 0) is 22.4 Å². The molecule has 1 aromatic heterocycles. The number of rotatable bonds is 3. The third kappa shape index (κ3) is 3.03. The molecular weight excluding hydrogens is 226 g/mol. The van der Waals surface area contributed by atoms with E-state index in [4.69, 9.17) is 0 Å². The second-order valence-corrected chi connectivity index (χ2v) is 3.38. The van der Waals surface area contributed by atoms with Gasteiger partial charge < -0.3 is 5.32 Å². The largest absolute Gasteiger partial charge is 0.351 e. The molecule has 11 heavy (non-hydrogen) atoms. The van der Waals surface area contributed by atoms with Crippen LogP contribution < -0.4 is 5.32 Å². The molecule has 1 aromatic rings. The number of halogens is 1. The smallest absolute Gasteiger partial charge is 0.230 e. The Balaban J connectivity index is 2.29. The minimum atomic E-state index is 0.0243. The Bertz CT molecular complexity index is 222. The number of thiophene rings is 1. The summed E-state index contributed by atoms with van der Waals surface area (Å²) in [7, 11) is 0. The van der Waals surface area contributed by atoms with Crippen molar-refractivity contribution in [2.45, 2.75) is 6.54 Å². The molecule has 0 unspecified atom stereocenters. The lowest BCUT2D eigenvalue weighted by Crippen LogP contribution is -2.23. The highest BCUT2D eigenvalue weighted by atomic mass is 79.9. The molecule has 0 atom stereocenters. The summed E-state index contributed by atoms with van der Waals surface area (Å²) in [6.07, 6.45) is 0. The predicted octanol–water partition coefficient (Wildman–Crippen LogP) is 1.76. The van der Waals surface area contributed by atoms with Crippen molar-refractivity contribution in [3.05, 3.63) is 22.4 Å². The van der Waals surface area contributed by atoms with E-state index in [-0.39, 0.29) is 5.91 Å². The van der Waals surface area contributed by atoms with E-state index in [1.54, 1.807) is 11.3 Å². The molecule has 1 rings (SSSR count). The second-order valence-electron chi connectivity index (χ2n) is 2.04. The van der Waals surface area contributed by atoms with Gasteiger partial charge in [-0.2, -0.15) is 11.3 Å². The Labute approximate surface area is 77.7 Å². The molecule has 0 saturated heterocycles. The normalized spacial score (nSPS) is 9.55. The maximum absolute atomic E-state index is 10.8. The van der Waals surface area contributed by atoms with Crippen molar-refractivity contribution in [3.8, 4) is 0 Å². The Morgan fingerprint density at radius 2 is 2.55 bits per heavy atom. The molecule has 2 nitrogen and oxygen atoms in total. The predicted molar refractivity (Wildman–Crippen MR) is 50.0 cm³/mol. The fourth-order valence-corrected chi connectivity index (χ4v) is 1.51. The van der Waals surface area contributed by atoms with Gasteiger partial charge in [0.05, 0.1) is 5.33 Å². The van der Waals surface area contributed by atoms with Crippen LogP contribution in [0.5, 0.6) is 0 Å². The zero-order valence-corrected chi connectivity index (χ0v) is 8.24. The first-order valence-corrected chi connectivity index (χ1v) is 5.23. The molecule has 0 radical (unpaired) electrons. The van der Waals surface area contributed by atoms with Crippen molar-refractivity contribution in [1.29, 1.82) is 0 Å². The quantitative estimate of drug-likeness (QED) is 0.793. The maximum Gasteiger partial charge on any atom is 0.230 e. The van der Waals surface area contributed by atoms with Gasteiger partial charge in [0.1, 0.15) is 0 Å². The topological polar surface area (TPSA) is 29.1 Å². The first-order valence-electron chi connectivity index (χ1n) is 3.16. The molecule has 60 valence electrons. The number of hydrogen-bond acceptors (Lipinski definition) is 2. The minimum Gasteiger partial charge on any atom is -0.351 e. The molecule has 0 aliphatic carbocycles. The Morgan fingerprint density at radius 3 is 3.09 bits per heavy atom. The number of nitrogens with one attached hydrogen (secondary N) is 1. The first kappa shape index (κ1) is 8.74. The lowest BCUT2D eigenvalue weighted by molar-refractivity contribution is -0.118. The van der Waals surface area contributed by atoms with Gasteiger partial charge >= 0.3 is 0 Å². The van der Waals surface area contributed by atoms with Crippen LogP contribution in [0.1, 0.15) is 5.56 Å². The zero-order valence-electron chi connectivity index (χ0n) is 5.84. The highest BCUT2D eigenvalue weighted by Gasteiger charge is 1.97. The molecule has 0 aliphatic heterocycles. The van der Waals surface area contributed by atoms with Crippen LogP contribution in [0.25, 0.3) is 0 Å². The molecule has 1 N–H and O–H groups in total. The lowest BCUT2D eigenvalue weighted by atomic mass is 10.3. The van der Waals surface area contributed by atoms with Crippen molar-refractivity contribution >= 4 is 33.2 Å². The molecule has 1 amide bonds. The third-order valence-corrected chi connectivity index (χ3v) is 2.43. The molecule has 1 heterocycles. The van der Waals surface area contributed by atoms with Crippen LogP contribution in [-0.4, -0.2) is 11.2 Å². The number of carbonyl (C=O) groups excluding carboxylic acids is 1. The highest BCUT2D eigenvalue weighted by molar-refractivity contribution is 9.09. The Kier molecular flexibility index (Phi) is 3.59. The van der Waals surface area contributed by atoms with Crippen molar-refractivity contribution in [3.63, 3.8) is 0 Å². The number of carbonyl (C=O) groups is 1. The van der Waals surface area contributed by atoms with E-state index in [2.05, 4.69) is 21.2 Å². The molecular formula is C7H8BrNOS. The molecule has 4 heteroatoms. The van der Waals surface area contributed by atoms with Crippen LogP contribution >= 0.6 is 27.3 Å². The van der Waals surface area contributed by atoms with E-state index in [0.717, 1.165) is 5.56 Å². The second kappa shape index (κ2) is 4.51. The van der Waals surface area contributed by atoms with Gasteiger partial charge in [-0.3, -0.25) is 4.79 Å². The van der Waals surface area contributed by atoms with Gasteiger partial charge in [-0.15, -0.1) is 0 Å². The molecule has 0 spiro atoms. The summed E-state index contributed by atoms with van der Waals surface area (Å²) in [6, 6.07) is 2.00. The molecule has 0 fully saturated rings. The number of hydrogen-bond donors (Lipinski definition) is 1. The zero-order chi connectivity index (χ0) is 8.10. The highest BCUT2D eigenvalue weighted by Crippen LogP contribution is 2.04. The minimum absolute atomic E-state index is 0.0243. The van der Waals surface area contributed by atoms with E-state index < -0.39 is 0 Å². The Morgan fingerprint density at radius 1 is 1.73 bits per heavy atom. The monoisotopic (exact) mass is 233 g/mol. The van der Waals surface area contributed by atoms with E-state index in [9.17, 15) is 4.79 Å². The summed E-state index contributed by atoms with van der Waals surface area (Å²) >= 11 is 4.71. The van der Waals surface area contributed by atoms with Crippen LogP contribution in [-0.2, 0) is 11.3 Å². The van der Waals surface area contributed by atoms with Crippen LogP contribution in [0.4, 0.5) is 0 Å². The van der Waals surface area contributed by atoms with Gasteiger partial charge in [0.25, 0.3) is 0 Å². The maximum atomic E-state index is 10.8. The fraction of sp³-hybridized carbons (Fsp3) is 0.286. The van der Waals surface area contributed by atoms with Crippen LogP contribution in [0.15, 0.2) is 16.8 Å². The number of alkyl halides is 1. The fourth-order valence-electron chi connectivity index (χ4n) is 0.641. The van der Waals surface area contributed by atoms with E-state index in [1.165, 1.54) is 0 Å². The van der Waals surface area contributed by atoms with Crippen LogP contribution in [0.2, 0.25) is 0 Å². The summed E-state index contributed by atoms with van der Waals surface area (Å²) < 4.78 is 0. The van der Waals surface area contributed by atoms with E-state index >= 15 is 0 Å². The number of amides is 1. The average molecular weight is 234 g/mol. The van der Waals surface area contributed by atoms with Gasteiger partial charge in [0.15, 0.2) is 0 Å². The molecule has 0 bridgehead atoms. The first-order chi connectivity index (χ1) is 5.33.